The number of aromatic nitrogens is 1. The summed E-state index contributed by atoms with van der Waals surface area (Å²) in [5.74, 6) is -7.06. The summed E-state index contributed by atoms with van der Waals surface area (Å²) in [5, 5.41) is 3.71. The number of benzene rings is 2. The Morgan fingerprint density at radius 2 is 1.89 bits per heavy atom. The van der Waals surface area contributed by atoms with E-state index in [2.05, 4.69) is 5.16 Å². The van der Waals surface area contributed by atoms with Gasteiger partial charge in [0.1, 0.15) is 29.5 Å². The fourth-order valence-corrected chi connectivity index (χ4v) is 5.55. The lowest BCUT2D eigenvalue weighted by molar-refractivity contribution is -0.0448. The maximum absolute atomic E-state index is 15.0. The van der Waals surface area contributed by atoms with Crippen LogP contribution in [0.15, 0.2) is 34.9 Å². The number of hydrogen-bond donors (Lipinski definition) is 1. The first kappa shape index (κ1) is 24.4. The molecule has 2 atom stereocenters. The van der Waals surface area contributed by atoms with Crippen LogP contribution < -0.4 is 9.62 Å². The first-order valence-corrected chi connectivity index (χ1v) is 12.6. The molecule has 8 nitrogen and oxygen atoms in total. The molecule has 5 rings (SSSR count). The maximum atomic E-state index is 15.0. The number of nitrogens with zero attached hydrogens (tertiary/aromatic N) is 3. The molecule has 0 saturated carbocycles. The van der Waals surface area contributed by atoms with Gasteiger partial charge in [-0.15, -0.1) is 0 Å². The number of halogens is 5. The summed E-state index contributed by atoms with van der Waals surface area (Å²) >= 11 is 0. The van der Waals surface area contributed by atoms with Crippen LogP contribution in [0.25, 0.3) is 22.1 Å². The van der Waals surface area contributed by atoms with Crippen LogP contribution in [0.3, 0.4) is 0 Å². The predicted octanol–water partition coefficient (Wildman–Crippen LogP) is 3.87. The van der Waals surface area contributed by atoms with Crippen LogP contribution in [-0.2, 0) is 10.0 Å². The summed E-state index contributed by atoms with van der Waals surface area (Å²) < 4.78 is 104. The van der Waals surface area contributed by atoms with E-state index < -0.39 is 69.4 Å². The second-order valence-corrected chi connectivity index (χ2v) is 10.6. The van der Waals surface area contributed by atoms with E-state index in [9.17, 15) is 26.4 Å². The van der Waals surface area contributed by atoms with Crippen LogP contribution in [0.2, 0.25) is 0 Å². The highest BCUT2D eigenvalue weighted by molar-refractivity contribution is 7.89. The molecular formula is C22H19F5N4O4S. The minimum atomic E-state index is -3.98. The van der Waals surface area contributed by atoms with Gasteiger partial charge in [0.2, 0.25) is 10.0 Å². The molecule has 0 radical (unpaired) electrons. The van der Waals surface area contributed by atoms with Crippen LogP contribution in [0.1, 0.15) is 13.3 Å². The molecule has 2 aliphatic heterocycles. The largest absolute Gasteiger partial charge is 0.354 e. The minimum absolute atomic E-state index is 0.0820. The van der Waals surface area contributed by atoms with Crippen molar-refractivity contribution < 1.29 is 39.7 Å². The van der Waals surface area contributed by atoms with E-state index in [1.165, 1.54) is 6.92 Å². The Kier molecular flexibility index (Phi) is 5.70. The Bertz CT molecular complexity index is 1460. The molecule has 2 saturated heterocycles. The van der Waals surface area contributed by atoms with Gasteiger partial charge >= 0.3 is 6.03 Å². The highest BCUT2D eigenvalue weighted by Crippen LogP contribution is 2.43. The van der Waals surface area contributed by atoms with E-state index >= 15 is 8.78 Å². The van der Waals surface area contributed by atoms with Crippen LogP contribution >= 0.6 is 0 Å². The molecule has 0 unspecified atom stereocenters. The standard InChI is InChI=1S/C22H19F5N4O4S/c1-2-36(33,34)29-16-10-31-17(22(16,26)27)6-7-30(21(31)32)20-19-12(8-11(23)9-15(19)35-28-20)18-13(24)4-3-5-14(18)25/h3-5,8-9,16-17,29H,2,6-7,10H2,1H3/t16-,17-/m1/s1. The highest BCUT2D eigenvalue weighted by atomic mass is 32.2. The second-order valence-electron chi connectivity index (χ2n) is 8.57. The van der Waals surface area contributed by atoms with Crippen LogP contribution in [0, 0.1) is 17.5 Å². The Balaban J connectivity index is 1.57. The quantitative estimate of drug-likeness (QED) is 0.506. The molecule has 2 amide bonds. The van der Waals surface area contributed by atoms with E-state index in [1.54, 1.807) is 0 Å². The van der Waals surface area contributed by atoms with Gasteiger partial charge in [0.15, 0.2) is 11.4 Å². The number of anilines is 1. The highest BCUT2D eigenvalue weighted by Gasteiger charge is 2.60. The van der Waals surface area contributed by atoms with Crippen molar-refractivity contribution in [3.05, 3.63) is 47.8 Å². The molecule has 1 aromatic heterocycles. The van der Waals surface area contributed by atoms with Gasteiger partial charge in [-0.1, -0.05) is 11.2 Å². The maximum Gasteiger partial charge on any atom is 0.326 e. The third-order valence-corrected chi connectivity index (χ3v) is 7.88. The van der Waals surface area contributed by atoms with Crippen molar-refractivity contribution in [3.63, 3.8) is 0 Å². The summed E-state index contributed by atoms with van der Waals surface area (Å²) in [5.41, 5.74) is -1.06. The summed E-state index contributed by atoms with van der Waals surface area (Å²) in [7, 11) is -3.98. The molecule has 2 fully saturated rings. The number of carbonyl (C=O) groups is 1. The molecule has 36 heavy (non-hydrogen) atoms. The van der Waals surface area contributed by atoms with Gasteiger partial charge in [-0.3, -0.25) is 4.90 Å². The van der Waals surface area contributed by atoms with Gasteiger partial charge in [-0.2, -0.15) is 0 Å². The van der Waals surface area contributed by atoms with Crippen LogP contribution in [0.5, 0.6) is 0 Å². The number of sulfonamides is 1. The van der Waals surface area contributed by atoms with Gasteiger partial charge in [0.25, 0.3) is 5.92 Å². The second kappa shape index (κ2) is 8.40. The smallest absolute Gasteiger partial charge is 0.326 e. The predicted molar refractivity (Wildman–Crippen MR) is 119 cm³/mol. The first-order valence-electron chi connectivity index (χ1n) is 10.9. The Labute approximate surface area is 201 Å². The van der Waals surface area contributed by atoms with Gasteiger partial charge in [-0.05, 0) is 31.5 Å². The molecule has 2 aromatic carbocycles. The summed E-state index contributed by atoms with van der Waals surface area (Å²) in [4.78, 5) is 15.1. The summed E-state index contributed by atoms with van der Waals surface area (Å²) in [6.07, 6.45) is -0.262. The fourth-order valence-electron chi connectivity index (χ4n) is 4.72. The number of rotatable bonds is 5. The van der Waals surface area contributed by atoms with Crippen LogP contribution in [-0.4, -0.2) is 61.4 Å². The minimum Gasteiger partial charge on any atom is -0.354 e. The lowest BCUT2D eigenvalue weighted by atomic mass is 9.99. The third-order valence-electron chi connectivity index (χ3n) is 6.48. The number of alkyl halides is 2. The lowest BCUT2D eigenvalue weighted by Crippen LogP contribution is -2.56. The van der Waals surface area contributed by atoms with Crippen molar-refractivity contribution in [2.75, 3.05) is 23.7 Å². The van der Waals surface area contributed by atoms with Crippen molar-refractivity contribution in [1.29, 1.82) is 0 Å². The topological polar surface area (TPSA) is 95.8 Å². The number of fused-ring (bicyclic) bond motifs is 2. The zero-order chi connectivity index (χ0) is 26.0. The van der Waals surface area contributed by atoms with Gasteiger partial charge in [-0.25, -0.2) is 39.9 Å². The van der Waals surface area contributed by atoms with E-state index in [1.807, 2.05) is 4.72 Å². The SMILES string of the molecule is CCS(=O)(=O)N[C@@H]1CN2C(=O)N(c3noc4cc(F)cc(-c5c(F)cccc5F)c34)CC[C@@H]2C1(F)F. The molecule has 0 aliphatic carbocycles. The zero-order valence-electron chi connectivity index (χ0n) is 18.6. The van der Waals surface area contributed by atoms with Gasteiger partial charge in [0.05, 0.1) is 16.7 Å². The molecule has 0 bridgehead atoms. The number of nitrogens with one attached hydrogen (secondary N) is 1. The molecule has 1 N–H and O–H groups in total. The number of hydrogen-bond acceptors (Lipinski definition) is 5. The molecule has 14 heteroatoms. The van der Waals surface area contributed by atoms with E-state index in [0.29, 0.717) is 0 Å². The van der Waals surface area contributed by atoms with Crippen molar-refractivity contribution >= 4 is 32.8 Å². The average Bonchev–Trinajstić information content (AvgIpc) is 3.33. The van der Waals surface area contributed by atoms with Crippen LogP contribution in [0.4, 0.5) is 32.6 Å². The zero-order valence-corrected chi connectivity index (χ0v) is 19.5. The van der Waals surface area contributed by atoms with Crippen molar-refractivity contribution in [2.45, 2.75) is 31.4 Å². The first-order chi connectivity index (χ1) is 16.9. The van der Waals surface area contributed by atoms with E-state index in [4.69, 9.17) is 4.52 Å². The third kappa shape index (κ3) is 3.79. The molecule has 0 spiro atoms. The molecule has 3 aromatic rings. The Morgan fingerprint density at radius 3 is 2.56 bits per heavy atom. The average molecular weight is 530 g/mol. The number of urea groups is 1. The summed E-state index contributed by atoms with van der Waals surface area (Å²) in [6.45, 7) is 0.413. The van der Waals surface area contributed by atoms with Crippen molar-refractivity contribution in [2.24, 2.45) is 0 Å². The van der Waals surface area contributed by atoms with Crippen molar-refractivity contribution in [3.8, 4) is 11.1 Å². The van der Waals surface area contributed by atoms with Gasteiger partial charge in [0, 0.05) is 24.7 Å². The van der Waals surface area contributed by atoms with Crippen molar-refractivity contribution in [1.82, 2.24) is 14.8 Å². The Hall–Kier alpha value is -3.26. The molecule has 192 valence electrons. The number of amides is 2. The molecule has 2 aliphatic rings. The molecule has 3 heterocycles. The Morgan fingerprint density at radius 1 is 1.19 bits per heavy atom. The normalized spacial score (nSPS) is 21.9. The molecular weight excluding hydrogens is 511 g/mol. The van der Waals surface area contributed by atoms with Gasteiger partial charge < -0.3 is 9.42 Å². The monoisotopic (exact) mass is 530 g/mol. The van der Waals surface area contributed by atoms with E-state index in [0.717, 1.165) is 40.1 Å². The summed E-state index contributed by atoms with van der Waals surface area (Å²) in [6, 6.07) is 0.526. The number of carbonyl (C=O) groups excluding carboxylic acids is 1. The fraction of sp³-hybridized carbons (Fsp3) is 0.364. The lowest BCUT2D eigenvalue weighted by Gasteiger charge is -2.37. The van der Waals surface area contributed by atoms with E-state index in [-0.39, 0.29) is 35.3 Å².